The van der Waals surface area contributed by atoms with E-state index in [0.717, 1.165) is 16.5 Å². The van der Waals surface area contributed by atoms with Crippen LogP contribution in [0.5, 0.6) is 0 Å². The molecule has 2 aromatic carbocycles. The van der Waals surface area contributed by atoms with Gasteiger partial charge in [-0.3, -0.25) is 4.79 Å². The fourth-order valence-corrected chi connectivity index (χ4v) is 6.44. The van der Waals surface area contributed by atoms with Crippen molar-refractivity contribution in [3.8, 4) is 0 Å². The molecule has 1 heterocycles. The highest BCUT2D eigenvalue weighted by atomic mass is 32.2. The maximum atomic E-state index is 13.3. The molecule has 1 fully saturated rings. The summed E-state index contributed by atoms with van der Waals surface area (Å²) in [5.74, 6) is -0.585. The van der Waals surface area contributed by atoms with Gasteiger partial charge >= 0.3 is 0 Å². The first-order chi connectivity index (χ1) is 16.5. The molecule has 2 N–H and O–H groups in total. The van der Waals surface area contributed by atoms with Gasteiger partial charge in [0, 0.05) is 30.6 Å². The molecule has 0 aliphatic carbocycles. The maximum Gasteiger partial charge on any atom is 0.243 e. The molecule has 0 aromatic heterocycles. The highest BCUT2D eigenvalue weighted by Gasteiger charge is 2.35. The third kappa shape index (κ3) is 7.00. The first-order valence-electron chi connectivity index (χ1n) is 11.6. The molecule has 1 amide bonds. The Bertz CT molecular complexity index is 1230. The molecule has 0 bridgehead atoms. The van der Waals surface area contributed by atoms with Gasteiger partial charge < -0.3 is 5.32 Å². The highest BCUT2D eigenvalue weighted by molar-refractivity contribution is 7.92. The van der Waals surface area contributed by atoms with E-state index in [1.807, 2.05) is 44.2 Å². The van der Waals surface area contributed by atoms with Gasteiger partial charge in [0.2, 0.25) is 26.0 Å². The van der Waals surface area contributed by atoms with Gasteiger partial charge in [-0.15, -0.1) is 0 Å². The van der Waals surface area contributed by atoms with E-state index in [2.05, 4.69) is 16.6 Å². The van der Waals surface area contributed by atoms with Gasteiger partial charge in [-0.2, -0.15) is 4.31 Å². The van der Waals surface area contributed by atoms with Gasteiger partial charge in [0.1, 0.15) is 0 Å². The van der Waals surface area contributed by atoms with E-state index in [9.17, 15) is 21.6 Å². The minimum absolute atomic E-state index is 0.0137. The van der Waals surface area contributed by atoms with E-state index in [0.29, 0.717) is 25.8 Å². The average Bonchev–Trinajstić information content (AvgIpc) is 3.31. The van der Waals surface area contributed by atoms with Crippen LogP contribution < -0.4 is 10.0 Å². The van der Waals surface area contributed by atoms with Crippen molar-refractivity contribution in [2.75, 3.05) is 13.1 Å². The van der Waals surface area contributed by atoms with Crippen molar-refractivity contribution in [1.29, 1.82) is 0 Å². The third-order valence-corrected chi connectivity index (χ3v) is 8.96. The zero-order valence-electron chi connectivity index (χ0n) is 20.1. The molecule has 3 rings (SSSR count). The number of carbonyl (C=O) groups is 1. The van der Waals surface area contributed by atoms with Crippen molar-refractivity contribution in [1.82, 2.24) is 14.3 Å². The molecule has 0 spiro atoms. The number of nitrogens with one attached hydrogen (secondary N) is 2. The fraction of sp³-hybridized carbons (Fsp3) is 0.400. The lowest BCUT2D eigenvalue weighted by atomic mass is 9.91. The number of benzene rings is 2. The van der Waals surface area contributed by atoms with Crippen molar-refractivity contribution in [3.05, 3.63) is 77.7 Å². The van der Waals surface area contributed by atoms with Crippen LogP contribution in [0.3, 0.4) is 0 Å². The molecule has 0 saturated carbocycles. The summed E-state index contributed by atoms with van der Waals surface area (Å²) in [5, 5.41) is 3.77. The molecule has 1 saturated heterocycles. The Morgan fingerprint density at radius 3 is 2.34 bits per heavy atom. The summed E-state index contributed by atoms with van der Waals surface area (Å²) >= 11 is 0. The molecular weight excluding hydrogens is 486 g/mol. The Balaban J connectivity index is 1.82. The minimum Gasteiger partial charge on any atom is -0.353 e. The second-order valence-electron chi connectivity index (χ2n) is 8.95. The van der Waals surface area contributed by atoms with E-state index >= 15 is 0 Å². The van der Waals surface area contributed by atoms with Gasteiger partial charge in [0.15, 0.2) is 0 Å². The zero-order chi connectivity index (χ0) is 25.6. The lowest BCUT2D eigenvalue weighted by molar-refractivity contribution is -0.123. The highest BCUT2D eigenvalue weighted by Crippen LogP contribution is 2.28. The Hall–Kier alpha value is -2.53. The Morgan fingerprint density at radius 2 is 1.74 bits per heavy atom. The van der Waals surface area contributed by atoms with Crippen LogP contribution in [-0.2, 0) is 31.3 Å². The summed E-state index contributed by atoms with van der Waals surface area (Å²) in [6, 6.07) is 15.6. The van der Waals surface area contributed by atoms with Crippen LogP contribution in [0.25, 0.3) is 0 Å². The smallest absolute Gasteiger partial charge is 0.243 e. The minimum atomic E-state index is -3.83. The van der Waals surface area contributed by atoms with Crippen molar-refractivity contribution in [2.45, 2.75) is 56.0 Å². The largest absolute Gasteiger partial charge is 0.353 e. The van der Waals surface area contributed by atoms with E-state index in [4.69, 9.17) is 0 Å². The maximum absolute atomic E-state index is 13.3. The molecule has 1 aliphatic rings. The van der Waals surface area contributed by atoms with Crippen molar-refractivity contribution in [2.24, 2.45) is 0 Å². The first kappa shape index (κ1) is 27.1. The Morgan fingerprint density at radius 1 is 1.09 bits per heavy atom. The quantitative estimate of drug-likeness (QED) is 0.474. The predicted octanol–water partition coefficient (Wildman–Crippen LogP) is 2.75. The number of hydrogen-bond donors (Lipinski definition) is 2. The molecular formula is C25H33N3O5S2. The third-order valence-electron chi connectivity index (χ3n) is 5.98. The van der Waals surface area contributed by atoms with Crippen molar-refractivity contribution < 1.29 is 21.6 Å². The van der Waals surface area contributed by atoms with Crippen LogP contribution in [0.15, 0.2) is 71.5 Å². The average molecular weight is 520 g/mol. The van der Waals surface area contributed by atoms with Crippen LogP contribution in [0.1, 0.15) is 43.7 Å². The molecule has 2 unspecified atom stereocenters. The zero-order valence-corrected chi connectivity index (χ0v) is 21.7. The monoisotopic (exact) mass is 519 g/mol. The molecule has 1 aliphatic heterocycles. The summed E-state index contributed by atoms with van der Waals surface area (Å²) in [7, 11) is -7.47. The molecule has 35 heavy (non-hydrogen) atoms. The number of sulfonamides is 2. The molecule has 8 nitrogen and oxygen atoms in total. The van der Waals surface area contributed by atoms with Gasteiger partial charge in [-0.25, -0.2) is 21.6 Å². The lowest BCUT2D eigenvalue weighted by Gasteiger charge is -2.24. The number of rotatable bonds is 11. The Labute approximate surface area is 208 Å². The van der Waals surface area contributed by atoms with Crippen LogP contribution >= 0.6 is 0 Å². The van der Waals surface area contributed by atoms with Crippen LogP contribution in [0, 0.1) is 0 Å². The lowest BCUT2D eigenvalue weighted by Crippen LogP contribution is -2.42. The predicted molar refractivity (Wildman–Crippen MR) is 137 cm³/mol. The summed E-state index contributed by atoms with van der Waals surface area (Å²) in [5.41, 5.74) is 1.73. The van der Waals surface area contributed by atoms with Gasteiger partial charge in [-0.05, 0) is 56.4 Å². The molecule has 0 radical (unpaired) electrons. The standard InChI is InChI=1S/C25H33N3O5S2/c1-4-34(30,31)26-18-22-11-8-16-28(22)35(32,33)23-14-12-21(13-15-23)24(25(29)27-19(2)3)17-20-9-6-5-7-10-20/h4-7,9-10,12-15,19,22,24,26H,1,8,11,16-18H2,2-3H3,(H,27,29). The number of nitrogens with zero attached hydrogens (tertiary/aromatic N) is 1. The normalized spacial score (nSPS) is 17.9. The number of carbonyl (C=O) groups excluding carboxylic acids is 1. The summed E-state index contributed by atoms with van der Waals surface area (Å²) in [6.07, 6.45) is 1.70. The van der Waals surface area contributed by atoms with Crippen LogP contribution in [-0.4, -0.2) is 52.2 Å². The molecule has 190 valence electrons. The van der Waals surface area contributed by atoms with Crippen LogP contribution in [0.4, 0.5) is 0 Å². The van der Waals surface area contributed by atoms with Crippen molar-refractivity contribution >= 4 is 26.0 Å². The summed E-state index contributed by atoms with van der Waals surface area (Å²) < 4.78 is 53.8. The van der Waals surface area contributed by atoms with Crippen molar-refractivity contribution in [3.63, 3.8) is 0 Å². The molecule has 2 aromatic rings. The number of amides is 1. The topological polar surface area (TPSA) is 113 Å². The van der Waals surface area contributed by atoms with E-state index in [1.165, 1.54) is 16.4 Å². The van der Waals surface area contributed by atoms with Crippen LogP contribution in [0.2, 0.25) is 0 Å². The number of hydrogen-bond acceptors (Lipinski definition) is 5. The first-order valence-corrected chi connectivity index (χ1v) is 14.6. The van der Waals surface area contributed by atoms with E-state index in [-0.39, 0.29) is 23.4 Å². The second-order valence-corrected chi connectivity index (χ2v) is 12.5. The second kappa shape index (κ2) is 11.5. The van der Waals surface area contributed by atoms with Gasteiger partial charge in [0.05, 0.1) is 10.8 Å². The van der Waals surface area contributed by atoms with Gasteiger partial charge in [-0.1, -0.05) is 49.0 Å². The van der Waals surface area contributed by atoms with Gasteiger partial charge in [0.25, 0.3) is 0 Å². The van der Waals surface area contributed by atoms with E-state index < -0.39 is 32.0 Å². The summed E-state index contributed by atoms with van der Waals surface area (Å²) in [6.45, 7) is 7.36. The summed E-state index contributed by atoms with van der Waals surface area (Å²) in [4.78, 5) is 13.1. The molecule has 10 heteroatoms. The molecule has 2 atom stereocenters. The van der Waals surface area contributed by atoms with E-state index in [1.54, 1.807) is 12.1 Å². The fourth-order valence-electron chi connectivity index (χ4n) is 4.21. The SMILES string of the molecule is C=CS(=O)(=O)NCC1CCCN1S(=O)(=O)c1ccc(C(Cc2ccccc2)C(=O)NC(C)C)cc1. The Kier molecular flexibility index (Phi) is 8.87.